The molecule has 2 N–H and O–H groups in total. The normalized spacial score (nSPS) is 10.9. The van der Waals surface area contributed by atoms with Crippen molar-refractivity contribution in [2.75, 3.05) is 11.9 Å². The summed E-state index contributed by atoms with van der Waals surface area (Å²) in [4.78, 5) is 23.8. The summed E-state index contributed by atoms with van der Waals surface area (Å²) in [6.07, 6.45) is 1.30. The fourth-order valence-corrected chi connectivity index (χ4v) is 2.75. The molecular formula is C23H18N2O5. The molecule has 7 heteroatoms. The van der Waals surface area contributed by atoms with Gasteiger partial charge in [-0.3, -0.25) is 4.79 Å². The van der Waals surface area contributed by atoms with E-state index >= 15 is 0 Å². The van der Waals surface area contributed by atoms with Gasteiger partial charge in [0.2, 0.25) is 0 Å². The molecule has 0 fully saturated rings. The summed E-state index contributed by atoms with van der Waals surface area (Å²) >= 11 is 0. The van der Waals surface area contributed by atoms with Gasteiger partial charge in [0.25, 0.3) is 5.91 Å². The van der Waals surface area contributed by atoms with Gasteiger partial charge in [0.15, 0.2) is 0 Å². The molecule has 0 spiro atoms. The molecule has 3 rings (SSSR count). The summed E-state index contributed by atoms with van der Waals surface area (Å²) in [5, 5.41) is 21.3. The number of nitriles is 1. The first-order valence-electron chi connectivity index (χ1n) is 9.10. The number of furan rings is 1. The Hall–Kier alpha value is -4.31. The first-order chi connectivity index (χ1) is 14.5. The molecule has 7 nitrogen and oxygen atoms in total. The summed E-state index contributed by atoms with van der Waals surface area (Å²) in [7, 11) is 0. The van der Waals surface area contributed by atoms with E-state index in [-0.39, 0.29) is 16.9 Å². The monoisotopic (exact) mass is 402 g/mol. The summed E-state index contributed by atoms with van der Waals surface area (Å²) in [5.41, 5.74) is 0.856. The third-order valence-electron chi connectivity index (χ3n) is 4.12. The molecule has 0 atom stereocenters. The van der Waals surface area contributed by atoms with Crippen LogP contribution in [0.2, 0.25) is 0 Å². The second-order valence-electron chi connectivity index (χ2n) is 6.13. The molecule has 1 heterocycles. The van der Waals surface area contributed by atoms with E-state index < -0.39 is 11.9 Å². The highest BCUT2D eigenvalue weighted by Crippen LogP contribution is 2.27. The van der Waals surface area contributed by atoms with Gasteiger partial charge in [0, 0.05) is 17.3 Å². The van der Waals surface area contributed by atoms with Crippen molar-refractivity contribution in [1.29, 1.82) is 5.26 Å². The Labute approximate surface area is 172 Å². The molecule has 0 aliphatic carbocycles. The number of hydrogen-bond donors (Lipinski definition) is 2. The molecule has 0 aliphatic rings. The average molecular weight is 402 g/mol. The first-order valence-corrected chi connectivity index (χ1v) is 9.10. The maximum atomic E-state index is 12.4. The van der Waals surface area contributed by atoms with Crippen molar-refractivity contribution in [2.24, 2.45) is 0 Å². The van der Waals surface area contributed by atoms with Crippen molar-refractivity contribution in [2.45, 2.75) is 6.92 Å². The van der Waals surface area contributed by atoms with E-state index in [4.69, 9.17) is 9.15 Å². The van der Waals surface area contributed by atoms with Crippen molar-refractivity contribution in [3.8, 4) is 23.1 Å². The standard InChI is InChI=1S/C23H18N2O5/c1-2-29-17-9-7-16(8-10-17)25-22(26)15(14-24)13-18-11-12-21(30-18)19-5-3-4-6-20(19)23(27)28/h3-13H,2H2,1H3,(H,25,26)(H,27,28). The minimum absolute atomic E-state index is 0.0936. The van der Waals surface area contributed by atoms with E-state index in [1.165, 1.54) is 12.1 Å². The smallest absolute Gasteiger partial charge is 0.336 e. The second-order valence-corrected chi connectivity index (χ2v) is 6.13. The van der Waals surface area contributed by atoms with Gasteiger partial charge in [-0.2, -0.15) is 5.26 Å². The van der Waals surface area contributed by atoms with Crippen LogP contribution in [-0.2, 0) is 4.79 Å². The molecule has 1 amide bonds. The van der Waals surface area contributed by atoms with Crippen molar-refractivity contribution < 1.29 is 23.8 Å². The highest BCUT2D eigenvalue weighted by Gasteiger charge is 2.15. The molecule has 150 valence electrons. The number of nitrogens with one attached hydrogen (secondary N) is 1. The Morgan fingerprint density at radius 1 is 1.13 bits per heavy atom. The lowest BCUT2D eigenvalue weighted by Gasteiger charge is -2.06. The van der Waals surface area contributed by atoms with Gasteiger partial charge < -0.3 is 19.6 Å². The predicted molar refractivity (Wildman–Crippen MR) is 111 cm³/mol. The number of rotatable bonds is 7. The Morgan fingerprint density at radius 3 is 2.53 bits per heavy atom. The summed E-state index contributed by atoms with van der Waals surface area (Å²) in [5.74, 6) is -0.416. The van der Waals surface area contributed by atoms with E-state index in [0.29, 0.717) is 29.4 Å². The third kappa shape index (κ3) is 4.75. The lowest BCUT2D eigenvalue weighted by molar-refractivity contribution is -0.112. The fraction of sp³-hybridized carbons (Fsp3) is 0.0870. The number of nitrogens with zero attached hydrogens (tertiary/aromatic N) is 1. The topological polar surface area (TPSA) is 113 Å². The number of carboxylic acid groups (broad SMARTS) is 1. The molecule has 0 radical (unpaired) electrons. The number of carbonyl (C=O) groups excluding carboxylic acids is 1. The van der Waals surface area contributed by atoms with E-state index in [0.717, 1.165) is 0 Å². The number of anilines is 1. The molecule has 0 saturated heterocycles. The van der Waals surface area contributed by atoms with Crippen LogP contribution in [0.1, 0.15) is 23.0 Å². The Morgan fingerprint density at radius 2 is 1.87 bits per heavy atom. The minimum Gasteiger partial charge on any atom is -0.494 e. The zero-order valence-electron chi connectivity index (χ0n) is 16.1. The number of carboxylic acids is 1. The number of amides is 1. The van der Waals surface area contributed by atoms with E-state index in [2.05, 4.69) is 5.32 Å². The van der Waals surface area contributed by atoms with Crippen LogP contribution in [0.15, 0.2) is 70.7 Å². The minimum atomic E-state index is -1.08. The molecule has 1 aromatic heterocycles. The van der Waals surface area contributed by atoms with Crippen LogP contribution < -0.4 is 10.1 Å². The van der Waals surface area contributed by atoms with Crippen LogP contribution >= 0.6 is 0 Å². The SMILES string of the molecule is CCOc1ccc(NC(=O)C(C#N)=Cc2ccc(-c3ccccc3C(=O)O)o2)cc1. The molecule has 0 unspecified atom stereocenters. The highest BCUT2D eigenvalue weighted by atomic mass is 16.5. The largest absolute Gasteiger partial charge is 0.494 e. The molecular weight excluding hydrogens is 384 g/mol. The Kier molecular flexibility index (Phi) is 6.30. The van der Waals surface area contributed by atoms with Crippen molar-refractivity contribution in [3.05, 3.63) is 77.6 Å². The number of ether oxygens (including phenoxy) is 1. The summed E-state index contributed by atoms with van der Waals surface area (Å²) in [6.45, 7) is 2.41. The van der Waals surface area contributed by atoms with Crippen LogP contribution in [-0.4, -0.2) is 23.6 Å². The Bertz CT molecular complexity index is 1140. The van der Waals surface area contributed by atoms with E-state index in [1.54, 1.807) is 54.6 Å². The number of benzene rings is 2. The molecule has 2 aromatic carbocycles. The van der Waals surface area contributed by atoms with Gasteiger partial charge in [-0.25, -0.2) is 4.79 Å². The quantitative estimate of drug-likeness (QED) is 0.441. The second kappa shape index (κ2) is 9.26. The summed E-state index contributed by atoms with van der Waals surface area (Å²) in [6, 6.07) is 18.2. The molecule has 0 bridgehead atoms. The van der Waals surface area contributed by atoms with Crippen LogP contribution in [0, 0.1) is 11.3 Å². The van der Waals surface area contributed by atoms with Crippen molar-refractivity contribution >= 4 is 23.6 Å². The number of aromatic carboxylic acids is 1. The van der Waals surface area contributed by atoms with Crippen LogP contribution in [0.25, 0.3) is 17.4 Å². The zero-order valence-corrected chi connectivity index (χ0v) is 16.1. The van der Waals surface area contributed by atoms with Crippen LogP contribution in [0.3, 0.4) is 0 Å². The van der Waals surface area contributed by atoms with Gasteiger partial charge in [0.1, 0.15) is 28.9 Å². The van der Waals surface area contributed by atoms with Crippen molar-refractivity contribution in [1.82, 2.24) is 0 Å². The van der Waals surface area contributed by atoms with E-state index in [1.807, 2.05) is 13.0 Å². The maximum Gasteiger partial charge on any atom is 0.336 e. The van der Waals surface area contributed by atoms with Gasteiger partial charge in [0.05, 0.1) is 12.2 Å². The molecule has 0 aliphatic heterocycles. The summed E-state index contributed by atoms with van der Waals surface area (Å²) < 4.78 is 11.0. The maximum absolute atomic E-state index is 12.4. The highest BCUT2D eigenvalue weighted by molar-refractivity contribution is 6.09. The van der Waals surface area contributed by atoms with Gasteiger partial charge in [-0.15, -0.1) is 0 Å². The predicted octanol–water partition coefficient (Wildman–Crippen LogP) is 4.59. The molecule has 3 aromatic rings. The zero-order chi connectivity index (χ0) is 21.5. The number of hydrogen-bond acceptors (Lipinski definition) is 5. The van der Waals surface area contributed by atoms with Gasteiger partial charge in [-0.05, 0) is 49.4 Å². The van der Waals surface area contributed by atoms with Crippen molar-refractivity contribution in [3.63, 3.8) is 0 Å². The van der Waals surface area contributed by atoms with Gasteiger partial charge in [-0.1, -0.05) is 18.2 Å². The van der Waals surface area contributed by atoms with Crippen LogP contribution in [0.5, 0.6) is 5.75 Å². The number of carbonyl (C=O) groups is 2. The Balaban J connectivity index is 1.79. The van der Waals surface area contributed by atoms with Gasteiger partial charge >= 0.3 is 5.97 Å². The molecule has 0 saturated carbocycles. The van der Waals surface area contributed by atoms with Crippen LogP contribution in [0.4, 0.5) is 5.69 Å². The van der Waals surface area contributed by atoms with E-state index in [9.17, 15) is 20.0 Å². The fourth-order valence-electron chi connectivity index (χ4n) is 2.75. The third-order valence-corrected chi connectivity index (χ3v) is 4.12. The lowest BCUT2D eigenvalue weighted by Crippen LogP contribution is -2.13. The first kappa shape index (κ1) is 20.4. The molecule has 30 heavy (non-hydrogen) atoms. The average Bonchev–Trinajstić information content (AvgIpc) is 3.22. The lowest BCUT2D eigenvalue weighted by atomic mass is 10.1.